The van der Waals surface area contributed by atoms with Crippen molar-refractivity contribution in [3.63, 3.8) is 0 Å². The van der Waals surface area contributed by atoms with Crippen molar-refractivity contribution in [1.29, 1.82) is 0 Å². The molecule has 3 nitrogen and oxygen atoms in total. The maximum absolute atomic E-state index is 10.1. The summed E-state index contributed by atoms with van der Waals surface area (Å²) in [6, 6.07) is 3.67. The first-order chi connectivity index (χ1) is 7.03. The van der Waals surface area contributed by atoms with E-state index in [4.69, 9.17) is 5.73 Å². The van der Waals surface area contributed by atoms with Crippen molar-refractivity contribution >= 4 is 5.82 Å². The van der Waals surface area contributed by atoms with Crippen molar-refractivity contribution in [2.45, 2.75) is 31.8 Å². The highest BCUT2D eigenvalue weighted by molar-refractivity contribution is 5.32. The number of allylic oxidation sites excluding steroid dienone is 1. The Bertz CT molecular complexity index is 334. The van der Waals surface area contributed by atoms with E-state index in [2.05, 4.69) is 11.6 Å². The Balaban J connectivity index is 2.63. The molecule has 1 heterocycles. The molecule has 1 aromatic heterocycles. The number of aromatic nitrogens is 1. The lowest BCUT2D eigenvalue weighted by atomic mass is 9.92. The van der Waals surface area contributed by atoms with E-state index in [0.29, 0.717) is 18.7 Å². The zero-order valence-electron chi connectivity index (χ0n) is 9.11. The Morgan fingerprint density at radius 3 is 3.00 bits per heavy atom. The lowest BCUT2D eigenvalue weighted by Crippen LogP contribution is -2.26. The second-order valence-corrected chi connectivity index (χ2v) is 4.09. The molecule has 0 aliphatic rings. The summed E-state index contributed by atoms with van der Waals surface area (Å²) >= 11 is 0. The summed E-state index contributed by atoms with van der Waals surface area (Å²) in [7, 11) is 0. The van der Waals surface area contributed by atoms with Gasteiger partial charge in [-0.3, -0.25) is 0 Å². The summed E-state index contributed by atoms with van der Waals surface area (Å²) in [6.45, 7) is 5.47. The number of nitrogens with two attached hydrogens (primary N) is 1. The molecule has 15 heavy (non-hydrogen) atoms. The quantitative estimate of drug-likeness (QED) is 0.724. The lowest BCUT2D eigenvalue weighted by Gasteiger charge is -2.22. The van der Waals surface area contributed by atoms with Crippen LogP contribution in [0, 0.1) is 0 Å². The molecule has 0 fully saturated rings. The number of aliphatic hydroxyl groups is 1. The van der Waals surface area contributed by atoms with Gasteiger partial charge in [0, 0.05) is 12.6 Å². The highest BCUT2D eigenvalue weighted by atomic mass is 16.3. The van der Waals surface area contributed by atoms with Crippen molar-refractivity contribution < 1.29 is 5.11 Å². The van der Waals surface area contributed by atoms with Crippen molar-refractivity contribution in [1.82, 2.24) is 4.98 Å². The van der Waals surface area contributed by atoms with Crippen LogP contribution in [0.2, 0.25) is 0 Å². The average Bonchev–Trinajstić information content (AvgIpc) is 2.14. The van der Waals surface area contributed by atoms with Crippen LogP contribution >= 0.6 is 0 Å². The largest absolute Gasteiger partial charge is 0.390 e. The molecular formula is C12H18N2O. The molecule has 0 amide bonds. The lowest BCUT2D eigenvalue weighted by molar-refractivity contribution is 0.0523. The van der Waals surface area contributed by atoms with Crippen molar-refractivity contribution in [3.8, 4) is 0 Å². The van der Waals surface area contributed by atoms with E-state index in [1.54, 1.807) is 12.3 Å². The predicted molar refractivity (Wildman–Crippen MR) is 62.4 cm³/mol. The zero-order valence-corrected chi connectivity index (χ0v) is 9.11. The topological polar surface area (TPSA) is 59.1 Å². The van der Waals surface area contributed by atoms with Crippen LogP contribution in [0.5, 0.6) is 0 Å². The first-order valence-corrected chi connectivity index (χ1v) is 5.07. The summed E-state index contributed by atoms with van der Waals surface area (Å²) in [5.41, 5.74) is 5.87. The molecule has 0 saturated carbocycles. The molecule has 3 heteroatoms. The molecule has 0 aliphatic carbocycles. The van der Waals surface area contributed by atoms with Gasteiger partial charge < -0.3 is 10.8 Å². The molecule has 0 bridgehead atoms. The molecule has 0 radical (unpaired) electrons. The molecule has 1 unspecified atom stereocenters. The van der Waals surface area contributed by atoms with Crippen LogP contribution in [0.15, 0.2) is 31.0 Å². The molecule has 0 aromatic carbocycles. The third-order valence-electron chi connectivity index (χ3n) is 2.32. The minimum atomic E-state index is -0.706. The molecule has 82 valence electrons. The molecule has 0 saturated heterocycles. The monoisotopic (exact) mass is 206 g/mol. The standard InChI is InChI=1S/C12H18N2O/c1-3-4-6-12(2,15)9-10-5-7-14-11(13)8-10/h3,5,7-8,15H,1,4,6,9H2,2H3,(H2,13,14). The van der Waals surface area contributed by atoms with Gasteiger partial charge in [0.25, 0.3) is 0 Å². The van der Waals surface area contributed by atoms with Gasteiger partial charge in [-0.2, -0.15) is 0 Å². The molecule has 0 aliphatic heterocycles. The Kier molecular flexibility index (Phi) is 3.86. The number of rotatable bonds is 5. The normalized spacial score (nSPS) is 14.5. The van der Waals surface area contributed by atoms with Crippen LogP contribution in [-0.2, 0) is 6.42 Å². The first kappa shape index (κ1) is 11.7. The molecule has 1 rings (SSSR count). The summed E-state index contributed by atoms with van der Waals surface area (Å²) in [6.07, 6.45) is 5.59. The summed E-state index contributed by atoms with van der Waals surface area (Å²) in [5.74, 6) is 0.493. The van der Waals surface area contributed by atoms with E-state index >= 15 is 0 Å². The van der Waals surface area contributed by atoms with E-state index in [0.717, 1.165) is 12.0 Å². The smallest absolute Gasteiger partial charge is 0.123 e. The van der Waals surface area contributed by atoms with Crippen LogP contribution < -0.4 is 5.73 Å². The second-order valence-electron chi connectivity index (χ2n) is 4.09. The number of nitrogen functional groups attached to an aromatic ring is 1. The van der Waals surface area contributed by atoms with Gasteiger partial charge >= 0.3 is 0 Å². The fourth-order valence-corrected chi connectivity index (χ4v) is 1.55. The zero-order chi connectivity index (χ0) is 11.3. The van der Waals surface area contributed by atoms with E-state index in [9.17, 15) is 5.11 Å². The van der Waals surface area contributed by atoms with Crippen molar-refractivity contribution in [2.75, 3.05) is 5.73 Å². The van der Waals surface area contributed by atoms with Crippen molar-refractivity contribution in [2.24, 2.45) is 0 Å². The van der Waals surface area contributed by atoms with Gasteiger partial charge in [-0.1, -0.05) is 6.08 Å². The third-order valence-corrected chi connectivity index (χ3v) is 2.32. The Labute approximate surface area is 90.7 Å². The minimum Gasteiger partial charge on any atom is -0.390 e. The summed E-state index contributed by atoms with van der Waals surface area (Å²) in [4.78, 5) is 3.91. The van der Waals surface area contributed by atoms with Crippen LogP contribution in [0.3, 0.4) is 0 Å². The molecule has 1 atom stereocenters. The number of nitrogens with zero attached hydrogens (tertiary/aromatic N) is 1. The second kappa shape index (κ2) is 4.94. The van der Waals surface area contributed by atoms with Gasteiger partial charge in [0.2, 0.25) is 0 Å². The van der Waals surface area contributed by atoms with Crippen LogP contribution in [0.4, 0.5) is 5.82 Å². The van der Waals surface area contributed by atoms with Gasteiger partial charge in [0.1, 0.15) is 5.82 Å². The van der Waals surface area contributed by atoms with Gasteiger partial charge in [-0.15, -0.1) is 6.58 Å². The first-order valence-electron chi connectivity index (χ1n) is 5.07. The van der Waals surface area contributed by atoms with Gasteiger partial charge in [0.05, 0.1) is 5.60 Å². The highest BCUT2D eigenvalue weighted by Crippen LogP contribution is 2.19. The van der Waals surface area contributed by atoms with Crippen molar-refractivity contribution in [3.05, 3.63) is 36.5 Å². The molecule has 3 N–H and O–H groups in total. The number of anilines is 1. The maximum Gasteiger partial charge on any atom is 0.123 e. The van der Waals surface area contributed by atoms with E-state index in [1.807, 2.05) is 19.1 Å². The maximum atomic E-state index is 10.1. The number of pyridine rings is 1. The number of hydrogen-bond donors (Lipinski definition) is 2. The van der Waals surface area contributed by atoms with Gasteiger partial charge in [-0.25, -0.2) is 4.98 Å². The average molecular weight is 206 g/mol. The SMILES string of the molecule is C=CCCC(C)(O)Cc1ccnc(N)c1. The molecule has 1 aromatic rings. The molecule has 0 spiro atoms. The van der Waals surface area contributed by atoms with Crippen LogP contribution in [0.1, 0.15) is 25.3 Å². The van der Waals surface area contributed by atoms with Gasteiger partial charge in [-0.05, 0) is 37.5 Å². The Morgan fingerprint density at radius 2 is 2.40 bits per heavy atom. The van der Waals surface area contributed by atoms with E-state index in [1.165, 1.54) is 0 Å². The van der Waals surface area contributed by atoms with E-state index in [-0.39, 0.29) is 0 Å². The van der Waals surface area contributed by atoms with Crippen LogP contribution in [-0.4, -0.2) is 15.7 Å². The van der Waals surface area contributed by atoms with Crippen LogP contribution in [0.25, 0.3) is 0 Å². The predicted octanol–water partition coefficient (Wildman–Crippen LogP) is 1.92. The fourth-order valence-electron chi connectivity index (χ4n) is 1.55. The molecular weight excluding hydrogens is 188 g/mol. The van der Waals surface area contributed by atoms with Gasteiger partial charge in [0.15, 0.2) is 0 Å². The van der Waals surface area contributed by atoms with E-state index < -0.39 is 5.60 Å². The number of hydrogen-bond acceptors (Lipinski definition) is 3. The Morgan fingerprint density at radius 1 is 1.67 bits per heavy atom. The fraction of sp³-hybridized carbons (Fsp3) is 0.417. The highest BCUT2D eigenvalue weighted by Gasteiger charge is 2.19. The summed E-state index contributed by atoms with van der Waals surface area (Å²) < 4.78 is 0. The summed E-state index contributed by atoms with van der Waals surface area (Å²) in [5, 5.41) is 10.1. The Hall–Kier alpha value is -1.35. The minimum absolute atomic E-state index is 0.493. The third kappa shape index (κ3) is 4.13.